The Labute approximate surface area is 53.6 Å². The third-order valence-electron chi connectivity index (χ3n) is 1.01. The fraction of sp³-hybridized carbons (Fsp3) is 0.800. The van der Waals surface area contributed by atoms with Gasteiger partial charge >= 0.3 is 0 Å². The van der Waals surface area contributed by atoms with Gasteiger partial charge in [0.1, 0.15) is 0 Å². The lowest BCUT2D eigenvalue weighted by molar-refractivity contribution is -0.124. The van der Waals surface area contributed by atoms with Crippen LogP contribution < -0.4 is 5.32 Å². The number of hydrogen-bond donors (Lipinski definition) is 1. The number of likely N-dealkylation sites (N-methyl/N-ethyl adjacent to an activating group) is 1. The maximum Gasteiger partial charge on any atom is 0.250 e. The third-order valence-corrected chi connectivity index (χ3v) is 1.01. The molecule has 0 saturated carbocycles. The number of rotatable bonds is 2. The molecule has 0 aliphatic rings. The van der Waals surface area contributed by atoms with Crippen molar-refractivity contribution in [1.82, 2.24) is 5.32 Å². The minimum absolute atomic E-state index is 0.363. The number of nitrogens with zero attached hydrogens (tertiary/aromatic N) is 1. The lowest BCUT2D eigenvalue weighted by Crippen LogP contribution is -2.38. The monoisotopic (exact) mass is 130 g/mol. The molecule has 0 heterocycles. The van der Waals surface area contributed by atoms with E-state index in [0.29, 0.717) is 0 Å². The van der Waals surface area contributed by atoms with Gasteiger partial charge in [-0.3, -0.25) is 4.79 Å². The standard InChI is InChI=1S/C5H10N2O2/c1-5(2,7-9)4(8)6-3/h1-3H3,(H,6,8). The van der Waals surface area contributed by atoms with Crippen LogP contribution >= 0.6 is 0 Å². The molecule has 9 heavy (non-hydrogen) atoms. The van der Waals surface area contributed by atoms with Crippen LogP contribution in [0.15, 0.2) is 5.18 Å². The fourth-order valence-corrected chi connectivity index (χ4v) is 0.347. The van der Waals surface area contributed by atoms with Gasteiger partial charge in [0.05, 0.1) is 0 Å². The third kappa shape index (κ3) is 1.79. The summed E-state index contributed by atoms with van der Waals surface area (Å²) in [6.07, 6.45) is 0. The van der Waals surface area contributed by atoms with Gasteiger partial charge in [-0.25, -0.2) is 0 Å². The number of hydrogen-bond acceptors (Lipinski definition) is 3. The van der Waals surface area contributed by atoms with E-state index < -0.39 is 5.54 Å². The Kier molecular flexibility index (Phi) is 2.30. The molecular weight excluding hydrogens is 120 g/mol. The van der Waals surface area contributed by atoms with Crippen molar-refractivity contribution in [3.05, 3.63) is 4.91 Å². The van der Waals surface area contributed by atoms with E-state index in [1.807, 2.05) is 0 Å². The molecule has 0 rings (SSSR count). The van der Waals surface area contributed by atoms with Gasteiger partial charge in [0, 0.05) is 7.05 Å². The van der Waals surface area contributed by atoms with Crippen LogP contribution in [0.4, 0.5) is 0 Å². The largest absolute Gasteiger partial charge is 0.357 e. The second kappa shape index (κ2) is 2.57. The minimum atomic E-state index is -1.13. The number of carbonyl (C=O) groups excluding carboxylic acids is 1. The summed E-state index contributed by atoms with van der Waals surface area (Å²) < 4.78 is 0. The summed E-state index contributed by atoms with van der Waals surface area (Å²) in [5.74, 6) is -0.363. The van der Waals surface area contributed by atoms with Gasteiger partial charge < -0.3 is 5.32 Å². The lowest BCUT2D eigenvalue weighted by atomic mass is 10.1. The van der Waals surface area contributed by atoms with E-state index in [1.165, 1.54) is 20.9 Å². The molecule has 0 aliphatic carbocycles. The summed E-state index contributed by atoms with van der Waals surface area (Å²) in [5.41, 5.74) is -1.13. The van der Waals surface area contributed by atoms with Crippen LogP contribution in [0.1, 0.15) is 13.8 Å². The molecule has 1 amide bonds. The van der Waals surface area contributed by atoms with E-state index in [0.717, 1.165) is 0 Å². The molecule has 0 radical (unpaired) electrons. The molecule has 0 saturated heterocycles. The Morgan fingerprint density at radius 2 is 2.00 bits per heavy atom. The maximum absolute atomic E-state index is 10.7. The van der Waals surface area contributed by atoms with Crippen LogP contribution in [0, 0.1) is 4.91 Å². The quantitative estimate of drug-likeness (QED) is 0.546. The van der Waals surface area contributed by atoms with Crippen molar-refractivity contribution >= 4 is 5.91 Å². The molecule has 52 valence electrons. The molecule has 0 aliphatic heterocycles. The van der Waals surface area contributed by atoms with Gasteiger partial charge in [0.2, 0.25) is 0 Å². The van der Waals surface area contributed by atoms with Crippen LogP contribution in [-0.2, 0) is 4.79 Å². The van der Waals surface area contributed by atoms with Gasteiger partial charge in [0.15, 0.2) is 5.54 Å². The summed E-state index contributed by atoms with van der Waals surface area (Å²) in [6.45, 7) is 2.91. The fourth-order valence-electron chi connectivity index (χ4n) is 0.347. The first-order valence-corrected chi connectivity index (χ1v) is 2.61. The first-order valence-electron chi connectivity index (χ1n) is 2.61. The van der Waals surface area contributed by atoms with Gasteiger partial charge in [-0.15, -0.1) is 4.91 Å². The first kappa shape index (κ1) is 8.07. The number of nitroso groups, excluding NO2 is 1. The Balaban J connectivity index is 4.14. The Hall–Kier alpha value is -0.930. The molecule has 4 heteroatoms. The Bertz CT molecular complexity index is 131. The van der Waals surface area contributed by atoms with Crippen molar-refractivity contribution in [2.75, 3.05) is 7.05 Å². The zero-order valence-corrected chi connectivity index (χ0v) is 5.76. The van der Waals surface area contributed by atoms with Gasteiger partial charge in [0.25, 0.3) is 5.91 Å². The van der Waals surface area contributed by atoms with Crippen molar-refractivity contribution in [2.45, 2.75) is 19.4 Å². The number of carbonyl (C=O) groups is 1. The molecule has 0 unspecified atom stereocenters. The zero-order chi connectivity index (χ0) is 7.49. The van der Waals surface area contributed by atoms with Crippen LogP contribution in [0.2, 0.25) is 0 Å². The van der Waals surface area contributed by atoms with Crippen LogP contribution in [0.25, 0.3) is 0 Å². The predicted octanol–water partition coefficient (Wildman–Crippen LogP) is 0.277. The molecule has 0 bridgehead atoms. The van der Waals surface area contributed by atoms with E-state index in [2.05, 4.69) is 10.5 Å². The Morgan fingerprint density at radius 3 is 2.11 bits per heavy atom. The lowest BCUT2D eigenvalue weighted by Gasteiger charge is -2.11. The van der Waals surface area contributed by atoms with Crippen LogP contribution in [-0.4, -0.2) is 18.5 Å². The topological polar surface area (TPSA) is 58.5 Å². The zero-order valence-electron chi connectivity index (χ0n) is 5.76. The molecule has 0 atom stereocenters. The number of nitrogens with one attached hydrogen (secondary N) is 1. The summed E-state index contributed by atoms with van der Waals surface area (Å²) in [5, 5.41) is 4.95. The molecular formula is C5H10N2O2. The van der Waals surface area contributed by atoms with Crippen molar-refractivity contribution in [3.63, 3.8) is 0 Å². The molecule has 1 N–H and O–H groups in total. The second-order valence-corrected chi connectivity index (χ2v) is 2.23. The summed E-state index contributed by atoms with van der Waals surface area (Å²) in [4.78, 5) is 20.6. The van der Waals surface area contributed by atoms with E-state index in [1.54, 1.807) is 0 Å². The van der Waals surface area contributed by atoms with Crippen molar-refractivity contribution < 1.29 is 4.79 Å². The van der Waals surface area contributed by atoms with E-state index in [9.17, 15) is 9.70 Å². The highest BCUT2D eigenvalue weighted by molar-refractivity contribution is 5.85. The number of amides is 1. The Morgan fingerprint density at radius 1 is 1.56 bits per heavy atom. The summed E-state index contributed by atoms with van der Waals surface area (Å²) in [7, 11) is 1.47. The highest BCUT2D eigenvalue weighted by atomic mass is 16.3. The minimum Gasteiger partial charge on any atom is -0.357 e. The smallest absolute Gasteiger partial charge is 0.250 e. The SMILES string of the molecule is CNC(=O)C(C)(C)N=O. The van der Waals surface area contributed by atoms with E-state index in [-0.39, 0.29) is 5.91 Å². The van der Waals surface area contributed by atoms with Gasteiger partial charge in [-0.05, 0) is 13.8 Å². The predicted molar refractivity (Wildman–Crippen MR) is 33.9 cm³/mol. The molecule has 0 aromatic carbocycles. The molecule has 0 spiro atoms. The van der Waals surface area contributed by atoms with Crippen molar-refractivity contribution in [2.24, 2.45) is 5.18 Å². The molecule has 0 aromatic heterocycles. The average Bonchev–Trinajstić information content (AvgIpc) is 1.86. The first-order chi connectivity index (χ1) is 4.04. The summed E-state index contributed by atoms with van der Waals surface area (Å²) in [6, 6.07) is 0. The highest BCUT2D eigenvalue weighted by Crippen LogP contribution is 2.06. The van der Waals surface area contributed by atoms with E-state index in [4.69, 9.17) is 0 Å². The second-order valence-electron chi connectivity index (χ2n) is 2.23. The highest BCUT2D eigenvalue weighted by Gasteiger charge is 2.26. The van der Waals surface area contributed by atoms with Crippen molar-refractivity contribution in [1.29, 1.82) is 0 Å². The normalized spacial score (nSPS) is 10.6. The van der Waals surface area contributed by atoms with Gasteiger partial charge in [-0.1, -0.05) is 5.18 Å². The van der Waals surface area contributed by atoms with Crippen LogP contribution in [0.5, 0.6) is 0 Å². The maximum atomic E-state index is 10.7. The molecule has 0 aromatic rings. The van der Waals surface area contributed by atoms with Crippen molar-refractivity contribution in [3.8, 4) is 0 Å². The van der Waals surface area contributed by atoms with E-state index >= 15 is 0 Å². The van der Waals surface area contributed by atoms with Crippen LogP contribution in [0.3, 0.4) is 0 Å². The molecule has 0 fully saturated rings. The van der Waals surface area contributed by atoms with Gasteiger partial charge in [-0.2, -0.15) is 0 Å². The summed E-state index contributed by atoms with van der Waals surface area (Å²) >= 11 is 0. The molecule has 4 nitrogen and oxygen atoms in total. The average molecular weight is 130 g/mol.